The Morgan fingerprint density at radius 3 is 2.84 bits per heavy atom. The fraction of sp³-hybridized carbons (Fsp3) is 0.619. The first-order chi connectivity index (χ1) is 15.4. The number of nitrogens with zero attached hydrogens (tertiary/aromatic N) is 4. The lowest BCUT2D eigenvalue weighted by atomic mass is 9.83. The maximum Gasteiger partial charge on any atom is 0.282 e. The number of carbonyl (C=O) groups is 1. The van der Waals surface area contributed by atoms with Crippen molar-refractivity contribution in [2.75, 3.05) is 42.0 Å². The van der Waals surface area contributed by atoms with E-state index >= 15 is 0 Å². The number of alkyl halides is 2. The van der Waals surface area contributed by atoms with Crippen LogP contribution in [0.1, 0.15) is 42.2 Å². The van der Waals surface area contributed by atoms with Gasteiger partial charge in [0.25, 0.3) is 5.92 Å². The molecule has 1 aliphatic heterocycles. The highest BCUT2D eigenvalue weighted by molar-refractivity contribution is 7.99. The highest BCUT2D eigenvalue weighted by Crippen LogP contribution is 2.39. The van der Waals surface area contributed by atoms with Crippen molar-refractivity contribution in [2.45, 2.75) is 43.9 Å². The Morgan fingerprint density at radius 1 is 1.31 bits per heavy atom. The van der Waals surface area contributed by atoms with Crippen LogP contribution in [0.15, 0.2) is 18.3 Å². The lowest BCUT2D eigenvalue weighted by Crippen LogP contribution is -2.56. The molecule has 0 radical (unpaired) electrons. The molecule has 2 aromatic heterocycles. The Kier molecular flexibility index (Phi) is 7.44. The predicted octanol–water partition coefficient (Wildman–Crippen LogP) is 3.75. The van der Waals surface area contributed by atoms with Crippen molar-refractivity contribution in [1.29, 1.82) is 0 Å². The van der Waals surface area contributed by atoms with Crippen molar-refractivity contribution in [2.24, 2.45) is 5.92 Å². The van der Waals surface area contributed by atoms with Crippen LogP contribution in [0.5, 0.6) is 0 Å². The molecule has 7 nitrogen and oxygen atoms in total. The van der Waals surface area contributed by atoms with E-state index < -0.39 is 5.92 Å². The van der Waals surface area contributed by atoms with E-state index in [1.165, 1.54) is 24.2 Å². The highest BCUT2D eigenvalue weighted by Gasteiger charge is 2.44. The van der Waals surface area contributed by atoms with E-state index in [1.807, 2.05) is 7.05 Å². The van der Waals surface area contributed by atoms with Gasteiger partial charge in [0.05, 0.1) is 25.4 Å². The number of hydrogen-bond donors (Lipinski definition) is 2. The summed E-state index contributed by atoms with van der Waals surface area (Å²) in [5.74, 6) is 0.562. The van der Waals surface area contributed by atoms with Crippen LogP contribution < -0.4 is 15.5 Å². The molecule has 1 aliphatic carbocycles. The monoisotopic (exact) mass is 482 g/mol. The largest absolute Gasteiger partial charge is 0.363 e. The summed E-state index contributed by atoms with van der Waals surface area (Å²) in [7, 11) is 1.86. The second-order valence-corrected chi connectivity index (χ2v) is 10.5. The van der Waals surface area contributed by atoms with Gasteiger partial charge < -0.3 is 15.5 Å². The molecule has 3 heterocycles. The van der Waals surface area contributed by atoms with Crippen molar-refractivity contribution >= 4 is 40.0 Å². The van der Waals surface area contributed by atoms with Crippen LogP contribution in [0.2, 0.25) is 0 Å². The summed E-state index contributed by atoms with van der Waals surface area (Å²) in [6.45, 7) is -0.590. The molecule has 1 amide bonds. The molecule has 1 unspecified atom stereocenters. The average molecular weight is 483 g/mol. The summed E-state index contributed by atoms with van der Waals surface area (Å²) < 4.78 is 25.9. The third kappa shape index (κ3) is 6.06. The normalized spacial score (nSPS) is 22.3. The number of nitrogens with one attached hydrogen (secondary N) is 2. The molecule has 0 bridgehead atoms. The number of amides is 1. The predicted molar refractivity (Wildman–Crippen MR) is 125 cm³/mol. The molecule has 2 fully saturated rings. The van der Waals surface area contributed by atoms with Crippen molar-refractivity contribution in [3.8, 4) is 0 Å². The van der Waals surface area contributed by atoms with Gasteiger partial charge in [0, 0.05) is 19.2 Å². The second-order valence-electron chi connectivity index (χ2n) is 8.45. The molecule has 0 spiro atoms. The highest BCUT2D eigenvalue weighted by atomic mass is 32.2. The second kappa shape index (κ2) is 10.3. The Morgan fingerprint density at radius 2 is 2.16 bits per heavy atom. The van der Waals surface area contributed by atoms with Crippen LogP contribution in [-0.4, -0.2) is 58.8 Å². The van der Waals surface area contributed by atoms with Gasteiger partial charge in [-0.25, -0.2) is 13.8 Å². The fourth-order valence-electron chi connectivity index (χ4n) is 4.15. The van der Waals surface area contributed by atoms with Crippen LogP contribution in [-0.2, 0) is 11.2 Å². The van der Waals surface area contributed by atoms with E-state index in [2.05, 4.69) is 25.8 Å². The van der Waals surface area contributed by atoms with Crippen LogP contribution >= 0.6 is 23.1 Å². The van der Waals surface area contributed by atoms with Gasteiger partial charge >= 0.3 is 0 Å². The molecule has 11 heteroatoms. The Hall–Kier alpha value is -2.01. The van der Waals surface area contributed by atoms with Crippen molar-refractivity contribution in [3.05, 3.63) is 28.9 Å². The van der Waals surface area contributed by atoms with Crippen LogP contribution in [0.4, 0.5) is 19.7 Å². The van der Waals surface area contributed by atoms with Gasteiger partial charge in [0.15, 0.2) is 0 Å². The summed E-state index contributed by atoms with van der Waals surface area (Å²) in [5, 5.41) is 16.5. The van der Waals surface area contributed by atoms with Crippen molar-refractivity contribution < 1.29 is 13.6 Å². The number of carbonyl (C=O) groups excluding carboxylic acids is 1. The standard InChI is InChI=1S/C21H28F2N6OS2/c1-24-20-28-27-19(32-20)16-4-2-3-15(7-16)10-31-13-26-18(30)8-14-5-6-17(25-9-14)29-11-21(22,23)12-29/h5-6,9,15-16H,2-4,7-8,10-13H2,1H3,(H,24,28)(H,26,30)/t15?,16-/m0/s1. The molecule has 4 rings (SSSR count). The van der Waals surface area contributed by atoms with Gasteiger partial charge in [-0.15, -0.1) is 22.0 Å². The molecule has 2 aliphatic rings. The molecular weight excluding hydrogens is 454 g/mol. The third-order valence-corrected chi connectivity index (χ3v) is 8.01. The topological polar surface area (TPSA) is 83.0 Å². The van der Waals surface area contributed by atoms with E-state index in [-0.39, 0.29) is 25.4 Å². The molecule has 0 aromatic carbocycles. The van der Waals surface area contributed by atoms with Gasteiger partial charge in [-0.2, -0.15) is 0 Å². The fourth-order valence-corrected chi connectivity index (χ4v) is 6.02. The molecule has 2 aromatic rings. The summed E-state index contributed by atoms with van der Waals surface area (Å²) >= 11 is 3.40. The zero-order valence-corrected chi connectivity index (χ0v) is 19.7. The molecule has 174 valence electrons. The molecule has 32 heavy (non-hydrogen) atoms. The van der Waals surface area contributed by atoms with Crippen LogP contribution in [0.3, 0.4) is 0 Å². The number of pyridine rings is 1. The molecular formula is C21H28F2N6OS2. The summed E-state index contributed by atoms with van der Waals surface area (Å²) in [4.78, 5) is 18.0. The van der Waals surface area contributed by atoms with Gasteiger partial charge in [0.1, 0.15) is 10.8 Å². The van der Waals surface area contributed by atoms with Crippen LogP contribution in [0, 0.1) is 5.92 Å². The first kappa shape index (κ1) is 23.2. The number of aromatic nitrogens is 3. The first-order valence-electron chi connectivity index (χ1n) is 10.8. The number of hydrogen-bond acceptors (Lipinski definition) is 8. The lowest BCUT2D eigenvalue weighted by molar-refractivity contribution is -0.120. The van der Waals surface area contributed by atoms with E-state index in [9.17, 15) is 13.6 Å². The zero-order chi connectivity index (χ0) is 22.6. The van der Waals surface area contributed by atoms with E-state index in [0.29, 0.717) is 23.5 Å². The van der Waals surface area contributed by atoms with Crippen molar-refractivity contribution in [1.82, 2.24) is 20.5 Å². The molecule has 2 atom stereocenters. The van der Waals surface area contributed by atoms with Gasteiger partial charge in [-0.3, -0.25) is 4.79 Å². The maximum absolute atomic E-state index is 13.0. The maximum atomic E-state index is 13.0. The van der Waals surface area contributed by atoms with Crippen LogP contribution in [0.25, 0.3) is 0 Å². The Labute approximate surface area is 194 Å². The SMILES string of the molecule is CNc1nnc([C@H]2CCCC(CSCNC(=O)Cc3ccc(N4CC(F)(F)C4)nc3)C2)s1. The minimum atomic E-state index is -2.62. The number of rotatable bonds is 9. The number of anilines is 2. The molecule has 2 N–H and O–H groups in total. The third-order valence-electron chi connectivity index (χ3n) is 5.85. The zero-order valence-electron chi connectivity index (χ0n) is 18.0. The van der Waals surface area contributed by atoms with E-state index in [1.54, 1.807) is 41.4 Å². The van der Waals surface area contributed by atoms with Gasteiger partial charge in [-0.05, 0) is 42.6 Å². The van der Waals surface area contributed by atoms with Gasteiger partial charge in [-0.1, -0.05) is 23.8 Å². The minimum Gasteiger partial charge on any atom is -0.363 e. The van der Waals surface area contributed by atoms with Crippen molar-refractivity contribution in [3.63, 3.8) is 0 Å². The Balaban J connectivity index is 1.14. The minimum absolute atomic E-state index is 0.0579. The summed E-state index contributed by atoms with van der Waals surface area (Å²) in [6.07, 6.45) is 6.54. The summed E-state index contributed by atoms with van der Waals surface area (Å²) in [5.41, 5.74) is 0.775. The summed E-state index contributed by atoms with van der Waals surface area (Å²) in [6, 6.07) is 3.48. The smallest absolute Gasteiger partial charge is 0.282 e. The van der Waals surface area contributed by atoms with E-state index in [4.69, 9.17) is 0 Å². The molecule has 1 saturated heterocycles. The number of halogens is 2. The Bertz CT molecular complexity index is 902. The van der Waals surface area contributed by atoms with Gasteiger partial charge in [0.2, 0.25) is 11.0 Å². The number of thioether (sulfide) groups is 1. The lowest BCUT2D eigenvalue weighted by Gasteiger charge is -2.39. The van der Waals surface area contributed by atoms with E-state index in [0.717, 1.165) is 27.9 Å². The quantitative estimate of drug-likeness (QED) is 0.416. The molecule has 1 saturated carbocycles. The average Bonchev–Trinajstić information content (AvgIpc) is 3.25. The first-order valence-corrected chi connectivity index (χ1v) is 12.8.